The molecule has 0 aliphatic heterocycles. The zero-order chi connectivity index (χ0) is 15.3. The van der Waals surface area contributed by atoms with Crippen molar-refractivity contribution in [3.8, 4) is 0 Å². The lowest BCUT2D eigenvalue weighted by Gasteiger charge is -2.16. The summed E-state index contributed by atoms with van der Waals surface area (Å²) in [6.45, 7) is 6.37. The third-order valence-corrected chi connectivity index (χ3v) is 6.39. The Labute approximate surface area is 136 Å². The number of hydrogen-bond donors (Lipinski definition) is 2. The fourth-order valence-corrected chi connectivity index (χ4v) is 4.53. The fraction of sp³-hybridized carbons (Fsp3) is 0.583. The van der Waals surface area contributed by atoms with Crippen molar-refractivity contribution in [3.63, 3.8) is 0 Å². The third kappa shape index (κ3) is 5.23. The number of thiophene rings is 1. The van der Waals surface area contributed by atoms with Crippen molar-refractivity contribution >= 4 is 39.7 Å². The molecule has 0 saturated heterocycles. The van der Waals surface area contributed by atoms with Gasteiger partial charge in [-0.05, 0) is 19.1 Å². The number of amides is 1. The first-order chi connectivity index (χ1) is 9.32. The molecule has 0 aromatic carbocycles. The average Bonchev–Trinajstić information content (AvgIpc) is 2.86. The second kappa shape index (κ2) is 8.70. The zero-order valence-corrected chi connectivity index (χ0v) is 14.8. The van der Waals surface area contributed by atoms with Crippen molar-refractivity contribution in [2.45, 2.75) is 37.6 Å². The Bertz CT molecular complexity index is 554. The topological polar surface area (TPSA) is 92.5 Å². The smallest absolute Gasteiger partial charge is 0.252 e. The van der Waals surface area contributed by atoms with Crippen LogP contribution in [0.15, 0.2) is 16.3 Å². The van der Waals surface area contributed by atoms with E-state index < -0.39 is 16.1 Å². The molecule has 0 spiro atoms. The summed E-state index contributed by atoms with van der Waals surface area (Å²) in [5, 5.41) is 2.66. The van der Waals surface area contributed by atoms with Gasteiger partial charge >= 0.3 is 0 Å². The number of carbonyl (C=O) groups is 1. The van der Waals surface area contributed by atoms with Gasteiger partial charge in [-0.3, -0.25) is 4.79 Å². The van der Waals surface area contributed by atoms with Crippen LogP contribution in [0.25, 0.3) is 0 Å². The van der Waals surface area contributed by atoms with E-state index in [4.69, 9.17) is 5.73 Å². The number of sulfonamides is 1. The number of nitrogens with two attached hydrogens (primary N) is 1. The predicted molar refractivity (Wildman–Crippen MR) is 87.2 cm³/mol. The van der Waals surface area contributed by atoms with Crippen molar-refractivity contribution in [1.82, 2.24) is 9.62 Å². The van der Waals surface area contributed by atoms with Gasteiger partial charge in [-0.25, -0.2) is 8.42 Å². The van der Waals surface area contributed by atoms with Gasteiger partial charge in [0.2, 0.25) is 5.91 Å². The Morgan fingerprint density at radius 2 is 1.95 bits per heavy atom. The lowest BCUT2D eigenvalue weighted by Crippen LogP contribution is -2.37. The standard InChI is InChI=1S/C12H21N3O3S2.ClH/c1-4-15(5-2)20(17,18)11-7-6-10(19-11)8-14-12(16)9(3)13;/h6-7,9H,4-5,8,13H2,1-3H3,(H,14,16);1H/t9-;/m1./s1. The van der Waals surface area contributed by atoms with Gasteiger partial charge in [-0.2, -0.15) is 4.31 Å². The van der Waals surface area contributed by atoms with Gasteiger partial charge in [0.05, 0.1) is 12.6 Å². The molecule has 1 heterocycles. The SMILES string of the molecule is CCN(CC)S(=O)(=O)c1ccc(CNC(=O)[C@@H](C)N)s1.Cl. The minimum absolute atomic E-state index is 0. The van der Waals surface area contributed by atoms with E-state index in [1.807, 2.05) is 0 Å². The molecule has 9 heteroatoms. The first kappa shape index (κ1) is 20.3. The zero-order valence-electron chi connectivity index (χ0n) is 12.3. The van der Waals surface area contributed by atoms with Gasteiger partial charge < -0.3 is 11.1 Å². The van der Waals surface area contributed by atoms with E-state index >= 15 is 0 Å². The molecular weight excluding hydrogens is 334 g/mol. The molecule has 0 aliphatic rings. The summed E-state index contributed by atoms with van der Waals surface area (Å²) < 4.78 is 26.3. The van der Waals surface area contributed by atoms with Crippen LogP contribution in [0.3, 0.4) is 0 Å². The maximum absolute atomic E-state index is 12.3. The molecule has 6 nitrogen and oxygen atoms in total. The van der Waals surface area contributed by atoms with E-state index in [1.165, 1.54) is 15.6 Å². The molecule has 1 aromatic rings. The van der Waals surface area contributed by atoms with Crippen LogP contribution in [0.2, 0.25) is 0 Å². The van der Waals surface area contributed by atoms with Crippen LogP contribution in [-0.4, -0.2) is 37.8 Å². The highest BCUT2D eigenvalue weighted by Crippen LogP contribution is 2.24. The van der Waals surface area contributed by atoms with Crippen LogP contribution in [-0.2, 0) is 21.4 Å². The molecule has 0 bridgehead atoms. The van der Waals surface area contributed by atoms with Gasteiger partial charge in [0.25, 0.3) is 10.0 Å². The quantitative estimate of drug-likeness (QED) is 0.767. The molecule has 1 amide bonds. The highest BCUT2D eigenvalue weighted by Gasteiger charge is 2.23. The Balaban J connectivity index is 0.00000400. The summed E-state index contributed by atoms with van der Waals surface area (Å²) in [5.41, 5.74) is 5.44. The highest BCUT2D eigenvalue weighted by atomic mass is 35.5. The highest BCUT2D eigenvalue weighted by molar-refractivity contribution is 7.91. The summed E-state index contributed by atoms with van der Waals surface area (Å²) in [4.78, 5) is 12.1. The van der Waals surface area contributed by atoms with Gasteiger partial charge in [-0.1, -0.05) is 13.8 Å². The molecule has 0 unspecified atom stereocenters. The molecule has 1 rings (SSSR count). The van der Waals surface area contributed by atoms with Crippen LogP contribution in [0.4, 0.5) is 0 Å². The fourth-order valence-electron chi connectivity index (χ4n) is 1.62. The van der Waals surface area contributed by atoms with Crippen molar-refractivity contribution in [2.75, 3.05) is 13.1 Å². The molecule has 1 aromatic heterocycles. The summed E-state index contributed by atoms with van der Waals surface area (Å²) >= 11 is 1.17. The van der Waals surface area contributed by atoms with Crippen molar-refractivity contribution < 1.29 is 13.2 Å². The summed E-state index contributed by atoms with van der Waals surface area (Å²) in [5.74, 6) is -0.258. The van der Waals surface area contributed by atoms with E-state index in [2.05, 4.69) is 5.32 Å². The molecule has 21 heavy (non-hydrogen) atoms. The molecule has 0 saturated carbocycles. The molecular formula is C12H22ClN3O3S2. The summed E-state index contributed by atoms with van der Waals surface area (Å²) in [6, 6.07) is 2.71. The molecule has 0 aliphatic carbocycles. The second-order valence-electron chi connectivity index (χ2n) is 4.32. The Morgan fingerprint density at radius 3 is 2.43 bits per heavy atom. The van der Waals surface area contributed by atoms with Crippen molar-refractivity contribution in [1.29, 1.82) is 0 Å². The van der Waals surface area contributed by atoms with E-state index in [9.17, 15) is 13.2 Å². The van der Waals surface area contributed by atoms with Gasteiger partial charge in [0.15, 0.2) is 0 Å². The lowest BCUT2D eigenvalue weighted by atomic mass is 10.3. The van der Waals surface area contributed by atoms with E-state index in [1.54, 1.807) is 32.9 Å². The number of hydrogen-bond acceptors (Lipinski definition) is 5. The normalized spacial score (nSPS) is 12.8. The maximum atomic E-state index is 12.3. The van der Waals surface area contributed by atoms with Gasteiger partial charge in [0.1, 0.15) is 4.21 Å². The van der Waals surface area contributed by atoms with E-state index in [0.717, 1.165) is 4.88 Å². The molecule has 3 N–H and O–H groups in total. The Hall–Kier alpha value is -0.670. The Morgan fingerprint density at radius 1 is 1.38 bits per heavy atom. The van der Waals surface area contributed by atoms with Crippen molar-refractivity contribution in [2.24, 2.45) is 5.73 Å². The first-order valence-electron chi connectivity index (χ1n) is 6.45. The van der Waals surface area contributed by atoms with Crippen LogP contribution >= 0.6 is 23.7 Å². The van der Waals surface area contributed by atoms with Gasteiger partial charge in [0, 0.05) is 18.0 Å². The number of nitrogens with zero attached hydrogens (tertiary/aromatic N) is 1. The number of rotatable bonds is 7. The second-order valence-corrected chi connectivity index (χ2v) is 7.65. The van der Waals surface area contributed by atoms with Crippen LogP contribution in [0.1, 0.15) is 25.6 Å². The number of carbonyl (C=O) groups excluding carboxylic acids is 1. The van der Waals surface area contributed by atoms with E-state index in [-0.39, 0.29) is 18.3 Å². The van der Waals surface area contributed by atoms with Crippen LogP contribution in [0, 0.1) is 0 Å². The summed E-state index contributed by atoms with van der Waals surface area (Å²) in [7, 11) is -3.42. The first-order valence-corrected chi connectivity index (χ1v) is 8.70. The molecule has 122 valence electrons. The Kier molecular flexibility index (Phi) is 8.42. The minimum atomic E-state index is -3.42. The average molecular weight is 356 g/mol. The van der Waals surface area contributed by atoms with Crippen LogP contribution in [0.5, 0.6) is 0 Å². The largest absolute Gasteiger partial charge is 0.350 e. The molecule has 1 atom stereocenters. The third-order valence-electron chi connectivity index (χ3n) is 2.79. The molecule has 0 fully saturated rings. The summed E-state index contributed by atoms with van der Waals surface area (Å²) in [6.07, 6.45) is 0. The maximum Gasteiger partial charge on any atom is 0.252 e. The number of halogens is 1. The van der Waals surface area contributed by atoms with Crippen LogP contribution < -0.4 is 11.1 Å². The minimum Gasteiger partial charge on any atom is -0.350 e. The van der Waals surface area contributed by atoms with Crippen molar-refractivity contribution in [3.05, 3.63) is 17.0 Å². The predicted octanol–water partition coefficient (Wildman–Crippen LogP) is 1.16. The lowest BCUT2D eigenvalue weighted by molar-refractivity contribution is -0.122. The van der Waals surface area contributed by atoms with E-state index in [0.29, 0.717) is 23.8 Å². The number of nitrogens with one attached hydrogen (secondary N) is 1. The monoisotopic (exact) mass is 355 g/mol. The molecule has 0 radical (unpaired) electrons. The van der Waals surface area contributed by atoms with Gasteiger partial charge in [-0.15, -0.1) is 23.7 Å².